The summed E-state index contributed by atoms with van der Waals surface area (Å²) in [6.45, 7) is 0. The van der Waals surface area contributed by atoms with Crippen molar-refractivity contribution in [2.75, 3.05) is 19.6 Å². The molecule has 5 nitrogen and oxygen atoms in total. The minimum Gasteiger partial charge on any atom is -0.457 e. The smallest absolute Gasteiger partial charge is 0.135 e. The van der Waals surface area contributed by atoms with Gasteiger partial charge in [-0.05, 0) is 170 Å². The molecule has 0 amide bonds. The first-order chi connectivity index (χ1) is 51.6. The first kappa shape index (κ1) is 60.8. The van der Waals surface area contributed by atoms with Crippen LogP contribution in [0.1, 0.15) is 45.2 Å². The first-order valence-corrected chi connectivity index (χ1v) is 36.5. The van der Waals surface area contributed by atoms with Crippen LogP contribution in [0.25, 0.3) is 55.6 Å². The van der Waals surface area contributed by atoms with Crippen molar-refractivity contribution in [3.8, 4) is 67.1 Å². The number of fused-ring (bicyclic) bond motifs is 8. The Kier molecular flexibility index (Phi) is 14.9. The van der Waals surface area contributed by atoms with E-state index < -0.39 is 0 Å². The fourth-order valence-electron chi connectivity index (χ4n) is 16.4. The maximum Gasteiger partial charge on any atom is 0.135 e. The topological polar surface area (TPSA) is 22.2 Å². The summed E-state index contributed by atoms with van der Waals surface area (Å²) in [7, 11) is 0. The van der Waals surface area contributed by atoms with E-state index >= 15 is 0 Å². The highest BCUT2D eigenvalue weighted by atomic mass is 32.2. The molecular formula is C98H66N4OS. The summed E-state index contributed by atoms with van der Waals surface area (Å²) in [5.74, 6) is 1.34. The summed E-state index contributed by atoms with van der Waals surface area (Å²) in [5, 5.41) is 0. The van der Waals surface area contributed by atoms with Crippen LogP contribution in [0.3, 0.4) is 0 Å². The second kappa shape index (κ2) is 25.5. The van der Waals surface area contributed by atoms with Crippen molar-refractivity contribution in [2.45, 2.75) is 21.6 Å². The lowest BCUT2D eigenvalue weighted by Crippen LogP contribution is -2.28. The van der Waals surface area contributed by atoms with Gasteiger partial charge in [-0.25, -0.2) is 0 Å². The number of anilines is 12. The van der Waals surface area contributed by atoms with Gasteiger partial charge in [0.1, 0.15) is 11.5 Å². The Morgan fingerprint density at radius 2 is 0.625 bits per heavy atom. The highest BCUT2D eigenvalue weighted by Crippen LogP contribution is 2.66. The molecule has 4 aliphatic heterocycles. The summed E-state index contributed by atoms with van der Waals surface area (Å²) < 4.78 is 7.46. The molecule has 0 radical (unpaired) electrons. The second-order valence-electron chi connectivity index (χ2n) is 27.1. The molecule has 0 saturated carbocycles. The lowest BCUT2D eigenvalue weighted by molar-refractivity contribution is 0.452. The zero-order valence-corrected chi connectivity index (χ0v) is 57.5. The monoisotopic (exact) mass is 1350 g/mol. The Balaban J connectivity index is 0.820. The lowest BCUT2D eigenvalue weighted by Gasteiger charge is -2.45. The molecule has 0 spiro atoms. The van der Waals surface area contributed by atoms with E-state index in [1.807, 2.05) is 11.8 Å². The summed E-state index contributed by atoms with van der Waals surface area (Å²) in [6, 6.07) is 142. The molecule has 2 unspecified atom stereocenters. The number of hydrogen-bond acceptors (Lipinski definition) is 6. The molecule has 0 bridgehead atoms. The van der Waals surface area contributed by atoms with E-state index in [0.29, 0.717) is 0 Å². The van der Waals surface area contributed by atoms with Gasteiger partial charge in [0.2, 0.25) is 0 Å². The van der Waals surface area contributed by atoms with Gasteiger partial charge >= 0.3 is 0 Å². The van der Waals surface area contributed by atoms with Crippen LogP contribution in [-0.4, -0.2) is 0 Å². The Morgan fingerprint density at radius 3 is 1.13 bits per heavy atom. The molecule has 16 aromatic rings. The number of ether oxygens (including phenoxy) is 1. The van der Waals surface area contributed by atoms with E-state index in [9.17, 15) is 0 Å². The molecule has 4 heterocycles. The van der Waals surface area contributed by atoms with Gasteiger partial charge in [-0.15, -0.1) is 0 Å². The summed E-state index contributed by atoms with van der Waals surface area (Å²) in [4.78, 5) is 12.4. The van der Waals surface area contributed by atoms with Crippen LogP contribution in [0, 0.1) is 0 Å². The van der Waals surface area contributed by atoms with Gasteiger partial charge in [-0.2, -0.15) is 0 Å². The van der Waals surface area contributed by atoms with Crippen molar-refractivity contribution < 1.29 is 4.74 Å². The normalized spacial score (nSPS) is 14.0. The van der Waals surface area contributed by atoms with E-state index in [2.05, 4.69) is 408 Å². The van der Waals surface area contributed by atoms with E-state index in [1.54, 1.807) is 0 Å². The molecule has 2 atom stereocenters. The zero-order valence-electron chi connectivity index (χ0n) is 56.7. The minimum atomic E-state index is -0.203. The Labute approximate surface area is 610 Å². The van der Waals surface area contributed by atoms with E-state index in [1.165, 1.54) is 65.4 Å². The van der Waals surface area contributed by atoms with Crippen LogP contribution in [0.5, 0.6) is 11.5 Å². The van der Waals surface area contributed by atoms with Crippen LogP contribution < -0.4 is 24.3 Å². The summed E-state index contributed by atoms with van der Waals surface area (Å²) in [6.07, 6.45) is 0. The van der Waals surface area contributed by atoms with Crippen molar-refractivity contribution in [3.05, 3.63) is 422 Å². The van der Waals surface area contributed by atoms with E-state index in [4.69, 9.17) is 4.74 Å². The van der Waals surface area contributed by atoms with Crippen molar-refractivity contribution in [1.29, 1.82) is 0 Å². The average molecular weight is 1350 g/mol. The molecular weight excluding hydrogens is 1280 g/mol. The SMILES string of the molecule is c1ccc(-c2ccc(N(c3ccc(-c4ccccc4)cc3)c3cc4c5c(c3)N(c3ccccc3-c3ccccc3)c3cc6c(cc3C5c3ccccc3O4)C3c4ccccc4N(c4ccccc4)c4cc(N(c5ccc(-c7ccccc7)cc5)c5ccc(-c7ccccc7)cc5)cc(c43)S6)cc2)cc1. The van der Waals surface area contributed by atoms with Gasteiger partial charge in [0.15, 0.2) is 0 Å². The zero-order chi connectivity index (χ0) is 68.6. The molecule has 4 aliphatic rings. The standard InChI is InChI=1S/C98H66N4OS/c1-7-25-65(26-8-1)69-43-51-75(52-44-69)99(76-53-45-70(46-54-76)66-27-9-2-10-28-66)79-59-89-97-92(61-79)103-91-42-24-21-39-83(91)96(97)84-63-85-93(64-88(84)102(89)86-40-22-19-37-81(86)73-33-15-5-16-34-73)104-94-62-80(60-90-98(94)95(85)82-38-20-23-41-87(82)101(90)74-35-17-6-18-36-74)100(77-55-47-71(48-56-77)67-29-11-3-12-30-67)78-57-49-72(50-58-78)68-31-13-4-14-32-68/h1-64,95-96H. The fraction of sp³-hybridized carbons (Fsp3) is 0.0204. The molecule has 0 N–H and O–H groups in total. The van der Waals surface area contributed by atoms with Crippen LogP contribution in [-0.2, 0) is 0 Å². The lowest BCUT2D eigenvalue weighted by atomic mass is 9.74. The maximum atomic E-state index is 7.46. The van der Waals surface area contributed by atoms with Crippen molar-refractivity contribution in [3.63, 3.8) is 0 Å². The van der Waals surface area contributed by atoms with Crippen molar-refractivity contribution >= 4 is 80.0 Å². The molecule has 0 fully saturated rings. The number of hydrogen-bond donors (Lipinski definition) is 0. The van der Waals surface area contributed by atoms with Crippen LogP contribution >= 0.6 is 11.8 Å². The quantitative estimate of drug-likeness (QED) is 0.114. The highest BCUT2D eigenvalue weighted by molar-refractivity contribution is 7.99. The summed E-state index contributed by atoms with van der Waals surface area (Å²) in [5.41, 5.74) is 31.8. The van der Waals surface area contributed by atoms with Gasteiger partial charge in [0, 0.05) is 84.1 Å². The van der Waals surface area contributed by atoms with Gasteiger partial charge in [0.05, 0.1) is 34.1 Å². The van der Waals surface area contributed by atoms with E-state index in [0.717, 1.165) is 113 Å². The molecule has 490 valence electrons. The van der Waals surface area contributed by atoms with Gasteiger partial charge in [-0.3, -0.25) is 0 Å². The largest absolute Gasteiger partial charge is 0.457 e. The van der Waals surface area contributed by atoms with Crippen LogP contribution in [0.15, 0.2) is 398 Å². The number of benzene rings is 16. The van der Waals surface area contributed by atoms with Gasteiger partial charge in [-0.1, -0.05) is 291 Å². The molecule has 104 heavy (non-hydrogen) atoms. The number of nitrogens with zero attached hydrogens (tertiary/aromatic N) is 4. The Bertz CT molecular complexity index is 5740. The molecule has 0 saturated heterocycles. The molecule has 16 aromatic carbocycles. The number of para-hydroxylation sites is 4. The summed E-state index contributed by atoms with van der Waals surface area (Å²) >= 11 is 1.90. The second-order valence-corrected chi connectivity index (χ2v) is 28.2. The molecule has 0 aliphatic carbocycles. The third-order valence-electron chi connectivity index (χ3n) is 21.1. The third-order valence-corrected chi connectivity index (χ3v) is 22.3. The predicted molar refractivity (Wildman–Crippen MR) is 431 cm³/mol. The van der Waals surface area contributed by atoms with Crippen molar-refractivity contribution in [1.82, 2.24) is 0 Å². The van der Waals surface area contributed by atoms with Crippen molar-refractivity contribution in [2.24, 2.45) is 0 Å². The minimum absolute atomic E-state index is 0.131. The maximum absolute atomic E-state index is 7.46. The van der Waals surface area contributed by atoms with Gasteiger partial charge < -0.3 is 24.3 Å². The van der Waals surface area contributed by atoms with E-state index in [-0.39, 0.29) is 11.8 Å². The number of rotatable bonds is 13. The molecule has 6 heteroatoms. The van der Waals surface area contributed by atoms with Crippen LogP contribution in [0.4, 0.5) is 68.2 Å². The highest BCUT2D eigenvalue weighted by Gasteiger charge is 2.45. The average Bonchev–Trinajstić information content (AvgIpc) is 0.694. The Hall–Kier alpha value is -13.1. The van der Waals surface area contributed by atoms with Gasteiger partial charge in [0.25, 0.3) is 0 Å². The van der Waals surface area contributed by atoms with Crippen LogP contribution in [0.2, 0.25) is 0 Å². The fourth-order valence-corrected chi connectivity index (χ4v) is 17.6. The Morgan fingerprint density at radius 1 is 0.231 bits per heavy atom. The molecule has 20 rings (SSSR count). The predicted octanol–water partition coefficient (Wildman–Crippen LogP) is 27.5. The first-order valence-electron chi connectivity index (χ1n) is 35.7. The molecule has 0 aromatic heterocycles. The third kappa shape index (κ3) is 10.5.